The second-order valence-corrected chi connectivity index (χ2v) is 7.16. The number of thiophene rings is 1. The number of hydrogen-bond acceptors (Lipinski definition) is 6. The molecule has 1 amide bonds. The lowest BCUT2D eigenvalue weighted by molar-refractivity contribution is -0.130. The number of amides is 1. The van der Waals surface area contributed by atoms with Gasteiger partial charge < -0.3 is 14.4 Å². The van der Waals surface area contributed by atoms with Crippen molar-refractivity contribution in [1.29, 1.82) is 0 Å². The molecule has 0 aromatic carbocycles. The van der Waals surface area contributed by atoms with Gasteiger partial charge >= 0.3 is 0 Å². The molecule has 136 valence electrons. The second-order valence-electron chi connectivity index (χ2n) is 6.21. The summed E-state index contributed by atoms with van der Waals surface area (Å²) in [7, 11) is 0. The van der Waals surface area contributed by atoms with E-state index >= 15 is 0 Å². The van der Waals surface area contributed by atoms with Crippen molar-refractivity contribution in [3.05, 3.63) is 87.5 Å². The van der Waals surface area contributed by atoms with Crippen molar-refractivity contribution in [2.45, 2.75) is 19.5 Å². The van der Waals surface area contributed by atoms with Crippen LogP contribution in [0.4, 0.5) is 0 Å². The largest absolute Gasteiger partial charge is 0.503 e. The Morgan fingerprint density at radius 2 is 2.04 bits per heavy atom. The number of furan rings is 1. The highest BCUT2D eigenvalue weighted by molar-refractivity contribution is 7.12. The normalized spacial score (nSPS) is 17.0. The number of aliphatic hydroxyl groups excluding tert-OH is 1. The van der Waals surface area contributed by atoms with Crippen LogP contribution in [0.2, 0.25) is 0 Å². The first-order valence-corrected chi connectivity index (χ1v) is 9.21. The van der Waals surface area contributed by atoms with Crippen molar-refractivity contribution < 1.29 is 19.1 Å². The Balaban J connectivity index is 1.78. The van der Waals surface area contributed by atoms with Crippen LogP contribution in [-0.4, -0.2) is 26.7 Å². The molecular weight excluding hydrogens is 364 g/mol. The molecule has 0 saturated carbocycles. The fourth-order valence-electron chi connectivity index (χ4n) is 3.17. The van der Waals surface area contributed by atoms with E-state index in [2.05, 4.69) is 4.98 Å². The molecule has 1 aliphatic rings. The highest BCUT2D eigenvalue weighted by Gasteiger charge is 2.45. The lowest BCUT2D eigenvalue weighted by Crippen LogP contribution is -2.30. The van der Waals surface area contributed by atoms with E-state index in [1.165, 1.54) is 16.2 Å². The van der Waals surface area contributed by atoms with E-state index in [0.717, 1.165) is 5.56 Å². The molecule has 3 aromatic rings. The highest BCUT2D eigenvalue weighted by atomic mass is 32.1. The second kappa shape index (κ2) is 6.85. The van der Waals surface area contributed by atoms with Crippen molar-refractivity contribution in [3.8, 4) is 0 Å². The highest BCUT2D eigenvalue weighted by Crippen LogP contribution is 2.40. The SMILES string of the molecule is Cc1ccc(C2C(C(=O)c3cccs3)=C(O)C(=O)N2Cc2ccncc2)o1. The molecule has 0 saturated heterocycles. The lowest BCUT2D eigenvalue weighted by Gasteiger charge is -2.24. The summed E-state index contributed by atoms with van der Waals surface area (Å²) in [5, 5.41) is 12.3. The summed E-state index contributed by atoms with van der Waals surface area (Å²) in [6.45, 7) is 2.01. The molecule has 1 atom stereocenters. The van der Waals surface area contributed by atoms with Crippen LogP contribution in [0.25, 0.3) is 0 Å². The van der Waals surface area contributed by atoms with Gasteiger partial charge in [-0.1, -0.05) is 6.07 Å². The van der Waals surface area contributed by atoms with Gasteiger partial charge in [-0.2, -0.15) is 0 Å². The zero-order chi connectivity index (χ0) is 19.0. The number of carbonyl (C=O) groups is 2. The number of nitrogens with zero attached hydrogens (tertiary/aromatic N) is 2. The molecule has 4 heterocycles. The summed E-state index contributed by atoms with van der Waals surface area (Å²) in [4.78, 5) is 31.7. The summed E-state index contributed by atoms with van der Waals surface area (Å²) in [6, 6.07) is 9.72. The van der Waals surface area contributed by atoms with Crippen LogP contribution >= 0.6 is 11.3 Å². The molecule has 0 aliphatic carbocycles. The molecule has 0 bridgehead atoms. The summed E-state index contributed by atoms with van der Waals surface area (Å²) in [5.74, 6) is -0.381. The van der Waals surface area contributed by atoms with Crippen molar-refractivity contribution >= 4 is 23.0 Å². The number of ketones is 1. The third kappa shape index (κ3) is 3.06. The summed E-state index contributed by atoms with van der Waals surface area (Å²) in [6.07, 6.45) is 3.26. The summed E-state index contributed by atoms with van der Waals surface area (Å²) < 4.78 is 5.73. The maximum absolute atomic E-state index is 13.0. The molecule has 6 nitrogen and oxygen atoms in total. The van der Waals surface area contributed by atoms with E-state index in [1.54, 1.807) is 61.1 Å². The molecule has 0 radical (unpaired) electrons. The maximum Gasteiger partial charge on any atom is 0.290 e. The molecule has 3 aromatic heterocycles. The third-order valence-electron chi connectivity index (χ3n) is 4.43. The van der Waals surface area contributed by atoms with Gasteiger partial charge in [-0.25, -0.2) is 0 Å². The van der Waals surface area contributed by atoms with Crippen LogP contribution < -0.4 is 0 Å². The van der Waals surface area contributed by atoms with Crippen molar-refractivity contribution in [2.75, 3.05) is 0 Å². The molecular formula is C20H16N2O4S. The van der Waals surface area contributed by atoms with E-state index in [4.69, 9.17) is 4.42 Å². The Morgan fingerprint density at radius 1 is 1.26 bits per heavy atom. The van der Waals surface area contributed by atoms with Crippen molar-refractivity contribution in [3.63, 3.8) is 0 Å². The Kier molecular flexibility index (Phi) is 4.37. The number of hydrogen-bond donors (Lipinski definition) is 1. The van der Waals surface area contributed by atoms with Crippen LogP contribution in [0.1, 0.15) is 32.8 Å². The molecule has 1 unspecified atom stereocenters. The van der Waals surface area contributed by atoms with Gasteiger partial charge in [-0.3, -0.25) is 14.6 Å². The third-order valence-corrected chi connectivity index (χ3v) is 5.29. The van der Waals surface area contributed by atoms with Gasteiger partial charge in [0, 0.05) is 18.9 Å². The maximum atomic E-state index is 13.0. The Morgan fingerprint density at radius 3 is 2.67 bits per heavy atom. The number of aryl methyl sites for hydroxylation is 1. The lowest BCUT2D eigenvalue weighted by atomic mass is 10.00. The van der Waals surface area contributed by atoms with Gasteiger partial charge in [0.15, 0.2) is 5.76 Å². The average Bonchev–Trinajstić information content (AvgIpc) is 3.39. The van der Waals surface area contributed by atoms with Gasteiger partial charge in [0.05, 0.1) is 10.5 Å². The van der Waals surface area contributed by atoms with E-state index in [1.807, 2.05) is 0 Å². The molecule has 7 heteroatoms. The number of aromatic nitrogens is 1. The van der Waals surface area contributed by atoms with Gasteiger partial charge in [0.2, 0.25) is 5.78 Å². The molecule has 4 rings (SSSR count). The van der Waals surface area contributed by atoms with Crippen LogP contribution in [0.15, 0.2) is 69.9 Å². The number of pyridine rings is 1. The average molecular weight is 380 g/mol. The molecule has 0 fully saturated rings. The Bertz CT molecular complexity index is 1020. The summed E-state index contributed by atoms with van der Waals surface area (Å²) in [5.41, 5.74) is 0.884. The number of carbonyl (C=O) groups excluding carboxylic acids is 2. The van der Waals surface area contributed by atoms with Crippen LogP contribution in [0.5, 0.6) is 0 Å². The van der Waals surface area contributed by atoms with Crippen molar-refractivity contribution in [2.24, 2.45) is 0 Å². The monoisotopic (exact) mass is 380 g/mol. The topological polar surface area (TPSA) is 83.6 Å². The summed E-state index contributed by atoms with van der Waals surface area (Å²) >= 11 is 1.27. The fourth-order valence-corrected chi connectivity index (χ4v) is 3.85. The zero-order valence-electron chi connectivity index (χ0n) is 14.5. The first kappa shape index (κ1) is 17.2. The van der Waals surface area contributed by atoms with Crippen molar-refractivity contribution in [1.82, 2.24) is 9.88 Å². The number of Topliss-reactive ketones (excluding diaryl/α,β-unsaturated/α-hetero) is 1. The molecule has 1 N–H and O–H groups in total. The van der Waals surface area contributed by atoms with E-state index in [0.29, 0.717) is 16.4 Å². The standard InChI is InChI=1S/C20H16N2O4S/c1-12-4-5-14(26-12)17-16(18(23)15-3-2-10-27-15)19(24)20(25)22(17)11-13-6-8-21-9-7-13/h2-10,17,24H,11H2,1H3. The quantitative estimate of drug-likeness (QED) is 0.680. The minimum Gasteiger partial charge on any atom is -0.503 e. The van der Waals surface area contributed by atoms with E-state index < -0.39 is 17.7 Å². The minimum absolute atomic E-state index is 0.0471. The minimum atomic E-state index is -0.783. The van der Waals surface area contributed by atoms with Gasteiger partial charge in [0.25, 0.3) is 5.91 Å². The van der Waals surface area contributed by atoms with Crippen LogP contribution in [-0.2, 0) is 11.3 Å². The smallest absolute Gasteiger partial charge is 0.290 e. The van der Waals surface area contributed by atoms with Gasteiger partial charge in [0.1, 0.15) is 17.6 Å². The first-order valence-electron chi connectivity index (χ1n) is 8.34. The number of rotatable bonds is 5. The number of aliphatic hydroxyl groups is 1. The van der Waals surface area contributed by atoms with E-state index in [9.17, 15) is 14.7 Å². The van der Waals surface area contributed by atoms with E-state index in [-0.39, 0.29) is 17.9 Å². The first-order chi connectivity index (χ1) is 13.1. The molecule has 1 aliphatic heterocycles. The van der Waals surface area contributed by atoms with Crippen LogP contribution in [0.3, 0.4) is 0 Å². The Labute approximate surface area is 159 Å². The molecule has 27 heavy (non-hydrogen) atoms. The van der Waals surface area contributed by atoms with Gasteiger partial charge in [-0.05, 0) is 48.2 Å². The molecule has 0 spiro atoms. The Hall–Kier alpha value is -3.19. The predicted molar refractivity (Wildman–Crippen MR) is 99.3 cm³/mol. The van der Waals surface area contributed by atoms with Gasteiger partial charge in [-0.15, -0.1) is 11.3 Å². The van der Waals surface area contributed by atoms with Crippen LogP contribution in [0, 0.1) is 6.92 Å². The zero-order valence-corrected chi connectivity index (χ0v) is 15.3. The fraction of sp³-hybridized carbons (Fsp3) is 0.150. The predicted octanol–water partition coefficient (Wildman–Crippen LogP) is 3.82.